The fourth-order valence-electron chi connectivity index (χ4n) is 1.67. The quantitative estimate of drug-likeness (QED) is 0.577. The highest BCUT2D eigenvalue weighted by Crippen LogP contribution is 2.21. The minimum atomic E-state index is -0.833. The molecule has 1 saturated heterocycles. The molecule has 0 aromatic heterocycles. The van der Waals surface area contributed by atoms with Crippen LogP contribution in [0.15, 0.2) is 0 Å². The van der Waals surface area contributed by atoms with Crippen molar-refractivity contribution >= 4 is 5.97 Å². The van der Waals surface area contributed by atoms with Crippen LogP contribution in [0.2, 0.25) is 0 Å². The SMILES string of the molecule is C[C@@H]1OC(OCCCCC(=O)O)[C@H](O)C[C@H]1O. The summed E-state index contributed by atoms with van der Waals surface area (Å²) < 4.78 is 10.6. The number of carboxylic acid groups (broad SMARTS) is 1. The van der Waals surface area contributed by atoms with E-state index in [1.54, 1.807) is 6.92 Å². The molecule has 0 radical (unpaired) electrons. The minimum Gasteiger partial charge on any atom is -0.481 e. The molecule has 0 bridgehead atoms. The molecular formula is C11H20O6. The van der Waals surface area contributed by atoms with Crippen LogP contribution in [0, 0.1) is 0 Å². The van der Waals surface area contributed by atoms with E-state index in [1.807, 2.05) is 0 Å². The molecule has 3 N–H and O–H groups in total. The fraction of sp³-hybridized carbons (Fsp3) is 0.909. The van der Waals surface area contributed by atoms with Crippen LogP contribution in [-0.2, 0) is 14.3 Å². The van der Waals surface area contributed by atoms with Crippen LogP contribution < -0.4 is 0 Å². The topological polar surface area (TPSA) is 96.2 Å². The second kappa shape index (κ2) is 6.90. The molecule has 1 fully saturated rings. The maximum absolute atomic E-state index is 10.3. The first-order chi connectivity index (χ1) is 8.00. The van der Waals surface area contributed by atoms with Crippen LogP contribution in [0.1, 0.15) is 32.6 Å². The number of carbonyl (C=O) groups is 1. The van der Waals surface area contributed by atoms with Crippen molar-refractivity contribution in [1.29, 1.82) is 0 Å². The normalized spacial score (nSPS) is 33.6. The first-order valence-electron chi connectivity index (χ1n) is 5.85. The van der Waals surface area contributed by atoms with Crippen molar-refractivity contribution in [3.8, 4) is 0 Å². The summed E-state index contributed by atoms with van der Waals surface area (Å²) in [5.41, 5.74) is 0. The average molecular weight is 248 g/mol. The van der Waals surface area contributed by atoms with Crippen molar-refractivity contribution in [2.75, 3.05) is 6.61 Å². The molecule has 6 heteroatoms. The van der Waals surface area contributed by atoms with Gasteiger partial charge in [0, 0.05) is 19.4 Å². The van der Waals surface area contributed by atoms with E-state index in [2.05, 4.69) is 0 Å². The maximum atomic E-state index is 10.3. The Labute approximate surface area is 100 Å². The highest BCUT2D eigenvalue weighted by atomic mass is 16.7. The largest absolute Gasteiger partial charge is 0.481 e. The van der Waals surface area contributed by atoms with Gasteiger partial charge < -0.3 is 24.8 Å². The lowest BCUT2D eigenvalue weighted by atomic mass is 10.0. The molecule has 17 heavy (non-hydrogen) atoms. The third kappa shape index (κ3) is 4.99. The number of aliphatic hydroxyl groups is 2. The highest BCUT2D eigenvalue weighted by Gasteiger charge is 2.34. The molecular weight excluding hydrogens is 228 g/mol. The Hall–Kier alpha value is -0.690. The number of hydrogen-bond donors (Lipinski definition) is 3. The summed E-state index contributed by atoms with van der Waals surface area (Å²) in [5, 5.41) is 27.5. The molecule has 1 aliphatic heterocycles. The Morgan fingerprint density at radius 2 is 2.06 bits per heavy atom. The molecule has 4 atom stereocenters. The van der Waals surface area contributed by atoms with Gasteiger partial charge in [0.25, 0.3) is 0 Å². The van der Waals surface area contributed by atoms with E-state index in [4.69, 9.17) is 14.6 Å². The van der Waals surface area contributed by atoms with Crippen LogP contribution in [0.5, 0.6) is 0 Å². The Morgan fingerprint density at radius 1 is 1.35 bits per heavy atom. The Balaban J connectivity index is 2.16. The first-order valence-corrected chi connectivity index (χ1v) is 5.85. The van der Waals surface area contributed by atoms with Gasteiger partial charge in [-0.15, -0.1) is 0 Å². The Morgan fingerprint density at radius 3 is 2.71 bits per heavy atom. The lowest BCUT2D eigenvalue weighted by Crippen LogP contribution is -2.47. The lowest BCUT2D eigenvalue weighted by molar-refractivity contribution is -0.261. The monoisotopic (exact) mass is 248 g/mol. The Bertz CT molecular complexity index is 244. The van der Waals surface area contributed by atoms with Crippen LogP contribution >= 0.6 is 0 Å². The second-order valence-electron chi connectivity index (χ2n) is 4.30. The molecule has 0 amide bonds. The zero-order valence-electron chi connectivity index (χ0n) is 9.91. The molecule has 100 valence electrons. The van der Waals surface area contributed by atoms with E-state index in [0.717, 1.165) is 0 Å². The van der Waals surface area contributed by atoms with E-state index >= 15 is 0 Å². The molecule has 0 saturated carbocycles. The zero-order chi connectivity index (χ0) is 12.8. The standard InChI is InChI=1S/C11H20O6/c1-7-8(12)6-9(13)11(17-7)16-5-3-2-4-10(14)15/h7-9,11-13H,2-6H2,1H3,(H,14,15)/t7-,8+,9+,11?/m0/s1. The summed E-state index contributed by atoms with van der Waals surface area (Å²) >= 11 is 0. The molecule has 0 aromatic rings. The zero-order valence-corrected chi connectivity index (χ0v) is 9.91. The molecule has 1 rings (SSSR count). The van der Waals surface area contributed by atoms with Crippen molar-refractivity contribution in [3.63, 3.8) is 0 Å². The van der Waals surface area contributed by atoms with Gasteiger partial charge in [-0.25, -0.2) is 0 Å². The van der Waals surface area contributed by atoms with Crippen LogP contribution in [0.3, 0.4) is 0 Å². The molecule has 1 heterocycles. The second-order valence-corrected chi connectivity index (χ2v) is 4.30. The van der Waals surface area contributed by atoms with Crippen molar-refractivity contribution in [2.24, 2.45) is 0 Å². The molecule has 0 aliphatic carbocycles. The molecule has 0 spiro atoms. The number of unbranched alkanes of at least 4 members (excludes halogenated alkanes) is 1. The van der Waals surface area contributed by atoms with E-state index < -0.39 is 24.5 Å². The number of ether oxygens (including phenoxy) is 2. The summed E-state index contributed by atoms with van der Waals surface area (Å²) in [6.45, 7) is 2.06. The van der Waals surface area contributed by atoms with Crippen LogP contribution in [0.25, 0.3) is 0 Å². The van der Waals surface area contributed by atoms with Gasteiger partial charge in [-0.05, 0) is 19.8 Å². The van der Waals surface area contributed by atoms with Gasteiger partial charge in [-0.2, -0.15) is 0 Å². The van der Waals surface area contributed by atoms with Crippen LogP contribution in [-0.4, -0.2) is 52.5 Å². The van der Waals surface area contributed by atoms with Crippen molar-refractivity contribution in [1.82, 2.24) is 0 Å². The number of aliphatic carboxylic acids is 1. The summed E-state index contributed by atoms with van der Waals surface area (Å²) in [6, 6.07) is 0. The van der Waals surface area contributed by atoms with Gasteiger partial charge in [0.1, 0.15) is 6.10 Å². The predicted molar refractivity (Wildman–Crippen MR) is 58.4 cm³/mol. The molecule has 6 nitrogen and oxygen atoms in total. The van der Waals surface area contributed by atoms with E-state index in [1.165, 1.54) is 0 Å². The predicted octanol–water partition coefficient (Wildman–Crippen LogP) is 0.115. The van der Waals surface area contributed by atoms with Gasteiger partial charge in [-0.1, -0.05) is 0 Å². The number of aliphatic hydroxyl groups excluding tert-OH is 2. The van der Waals surface area contributed by atoms with Gasteiger partial charge in [0.2, 0.25) is 0 Å². The lowest BCUT2D eigenvalue weighted by Gasteiger charge is -2.35. The number of carboxylic acids is 1. The minimum absolute atomic E-state index is 0.118. The summed E-state index contributed by atoms with van der Waals surface area (Å²) in [7, 11) is 0. The summed E-state index contributed by atoms with van der Waals surface area (Å²) in [5.74, 6) is -0.823. The van der Waals surface area contributed by atoms with Crippen LogP contribution in [0.4, 0.5) is 0 Å². The summed E-state index contributed by atoms with van der Waals surface area (Å²) in [6.07, 6.45) is -1.09. The van der Waals surface area contributed by atoms with Gasteiger partial charge in [-0.3, -0.25) is 4.79 Å². The average Bonchev–Trinajstić information content (AvgIpc) is 2.24. The van der Waals surface area contributed by atoms with E-state index in [-0.39, 0.29) is 18.9 Å². The summed E-state index contributed by atoms with van der Waals surface area (Å²) in [4.78, 5) is 10.3. The number of rotatable bonds is 6. The molecule has 0 aromatic carbocycles. The van der Waals surface area contributed by atoms with Crippen molar-refractivity contribution < 1.29 is 29.6 Å². The highest BCUT2D eigenvalue weighted by molar-refractivity contribution is 5.66. The first kappa shape index (κ1) is 14.4. The fourth-order valence-corrected chi connectivity index (χ4v) is 1.67. The van der Waals surface area contributed by atoms with Gasteiger partial charge in [0.05, 0.1) is 12.2 Å². The third-order valence-electron chi connectivity index (χ3n) is 2.75. The van der Waals surface area contributed by atoms with E-state index in [0.29, 0.717) is 19.4 Å². The van der Waals surface area contributed by atoms with Gasteiger partial charge in [0.15, 0.2) is 6.29 Å². The van der Waals surface area contributed by atoms with Crippen molar-refractivity contribution in [2.45, 2.75) is 57.2 Å². The van der Waals surface area contributed by atoms with E-state index in [9.17, 15) is 15.0 Å². The molecule has 1 aliphatic rings. The number of hydrogen-bond acceptors (Lipinski definition) is 5. The van der Waals surface area contributed by atoms with Gasteiger partial charge >= 0.3 is 5.97 Å². The smallest absolute Gasteiger partial charge is 0.303 e. The maximum Gasteiger partial charge on any atom is 0.303 e. The molecule has 1 unspecified atom stereocenters. The third-order valence-corrected chi connectivity index (χ3v) is 2.75. The Kier molecular flexibility index (Phi) is 5.84. The van der Waals surface area contributed by atoms with Crippen molar-refractivity contribution in [3.05, 3.63) is 0 Å².